The van der Waals surface area contributed by atoms with Crippen LogP contribution < -0.4 is 14.4 Å². The van der Waals surface area contributed by atoms with Crippen molar-refractivity contribution in [1.29, 1.82) is 0 Å². The maximum absolute atomic E-state index is 13.6. The molecule has 0 saturated carbocycles. The van der Waals surface area contributed by atoms with Gasteiger partial charge in [-0.3, -0.25) is 9.10 Å². The van der Waals surface area contributed by atoms with Gasteiger partial charge in [0.05, 0.1) is 12.8 Å². The van der Waals surface area contributed by atoms with Crippen molar-refractivity contribution in [1.82, 2.24) is 0 Å². The van der Waals surface area contributed by atoms with Crippen LogP contribution in [0, 0.1) is 6.92 Å². The molecule has 0 heterocycles. The predicted octanol–water partition coefficient (Wildman–Crippen LogP) is 4.40. The summed E-state index contributed by atoms with van der Waals surface area (Å²) >= 11 is 0. The number of amides is 1. The molecule has 0 aromatic heterocycles. The molecule has 3 aromatic carbocycles. The van der Waals surface area contributed by atoms with Crippen LogP contribution in [0.15, 0.2) is 77.7 Å². The zero-order chi connectivity index (χ0) is 22.4. The number of nitrogens with one attached hydrogen (secondary N) is 1. The van der Waals surface area contributed by atoms with Crippen molar-refractivity contribution in [3.8, 4) is 5.75 Å². The highest BCUT2D eigenvalue weighted by atomic mass is 32.2. The van der Waals surface area contributed by atoms with E-state index in [1.165, 1.54) is 7.11 Å². The molecule has 0 aliphatic rings. The normalized spacial score (nSPS) is 11.1. The average molecular weight is 439 g/mol. The Morgan fingerprint density at radius 3 is 2.29 bits per heavy atom. The topological polar surface area (TPSA) is 75.7 Å². The molecular weight excluding hydrogens is 412 g/mol. The lowest BCUT2D eigenvalue weighted by Crippen LogP contribution is -2.38. The van der Waals surface area contributed by atoms with Gasteiger partial charge >= 0.3 is 0 Å². The van der Waals surface area contributed by atoms with E-state index in [1.54, 1.807) is 55.5 Å². The highest BCUT2D eigenvalue weighted by molar-refractivity contribution is 7.93. The highest BCUT2D eigenvalue weighted by Crippen LogP contribution is 2.30. The van der Waals surface area contributed by atoms with Crippen LogP contribution in [-0.4, -0.2) is 28.0 Å². The van der Waals surface area contributed by atoms with Crippen LogP contribution in [0.1, 0.15) is 18.1 Å². The first-order valence-corrected chi connectivity index (χ1v) is 11.4. The molecule has 31 heavy (non-hydrogen) atoms. The van der Waals surface area contributed by atoms with Gasteiger partial charge in [-0.1, -0.05) is 43.3 Å². The third-order valence-corrected chi connectivity index (χ3v) is 6.66. The van der Waals surface area contributed by atoms with E-state index in [9.17, 15) is 13.2 Å². The first-order chi connectivity index (χ1) is 14.8. The fraction of sp³-hybridized carbons (Fsp3) is 0.208. The van der Waals surface area contributed by atoms with Crippen LogP contribution in [0.3, 0.4) is 0 Å². The molecule has 0 bridgehead atoms. The molecule has 1 N–H and O–H groups in total. The number of benzene rings is 3. The van der Waals surface area contributed by atoms with Gasteiger partial charge in [0.25, 0.3) is 10.0 Å². The van der Waals surface area contributed by atoms with Gasteiger partial charge in [-0.15, -0.1) is 0 Å². The maximum Gasteiger partial charge on any atom is 0.268 e. The third-order valence-electron chi connectivity index (χ3n) is 4.86. The van der Waals surface area contributed by atoms with Crippen molar-refractivity contribution in [3.63, 3.8) is 0 Å². The molecule has 6 nitrogen and oxygen atoms in total. The molecule has 3 rings (SSSR count). The van der Waals surface area contributed by atoms with Gasteiger partial charge in [0, 0.05) is 5.69 Å². The zero-order valence-corrected chi connectivity index (χ0v) is 18.6. The number of hydrogen-bond donors (Lipinski definition) is 1. The van der Waals surface area contributed by atoms with E-state index in [1.807, 2.05) is 24.3 Å². The molecule has 3 aromatic rings. The number of sulfonamides is 1. The first kappa shape index (κ1) is 22.4. The molecule has 0 aliphatic heterocycles. The standard InChI is InChI=1S/C24H26N2O4S/c1-4-19-11-13-20(14-12-19)25-24(27)17-26(21-8-6-5-7-9-21)31(28,29)23-16-18(2)10-15-22(23)30-3/h5-16H,4,17H2,1-3H3,(H,25,27). The Hall–Kier alpha value is -3.32. The van der Waals surface area contributed by atoms with Crippen LogP contribution in [0.4, 0.5) is 11.4 Å². The molecular formula is C24H26N2O4S. The van der Waals surface area contributed by atoms with Gasteiger partial charge in [0.1, 0.15) is 17.2 Å². The van der Waals surface area contributed by atoms with Crippen molar-refractivity contribution in [2.24, 2.45) is 0 Å². The summed E-state index contributed by atoms with van der Waals surface area (Å²) in [5.41, 5.74) is 2.93. The molecule has 0 saturated heterocycles. The monoisotopic (exact) mass is 438 g/mol. The van der Waals surface area contributed by atoms with Crippen LogP contribution in [-0.2, 0) is 21.2 Å². The first-order valence-electron chi connectivity index (χ1n) is 9.96. The highest BCUT2D eigenvalue weighted by Gasteiger charge is 2.30. The molecule has 0 atom stereocenters. The predicted molar refractivity (Wildman–Crippen MR) is 123 cm³/mol. The molecule has 0 radical (unpaired) electrons. The summed E-state index contributed by atoms with van der Waals surface area (Å²) in [6.45, 7) is 3.48. The molecule has 7 heteroatoms. The van der Waals surface area contributed by atoms with Crippen LogP contribution in [0.25, 0.3) is 0 Å². The van der Waals surface area contributed by atoms with E-state index in [0.717, 1.165) is 21.9 Å². The van der Waals surface area contributed by atoms with Crippen LogP contribution in [0.2, 0.25) is 0 Å². The molecule has 0 unspecified atom stereocenters. The Kier molecular flexibility index (Phi) is 6.97. The third kappa shape index (κ3) is 5.24. The van der Waals surface area contributed by atoms with Gasteiger partial charge in [0.15, 0.2) is 0 Å². The lowest BCUT2D eigenvalue weighted by Gasteiger charge is -2.25. The van der Waals surface area contributed by atoms with Crippen molar-refractivity contribution in [2.45, 2.75) is 25.2 Å². The van der Waals surface area contributed by atoms with E-state index in [0.29, 0.717) is 11.4 Å². The summed E-state index contributed by atoms with van der Waals surface area (Å²) in [5.74, 6) is -0.217. The summed E-state index contributed by atoms with van der Waals surface area (Å²) in [4.78, 5) is 12.8. The number of rotatable bonds is 8. The van der Waals surface area contributed by atoms with Crippen LogP contribution >= 0.6 is 0 Å². The number of para-hydroxylation sites is 1. The van der Waals surface area contributed by atoms with Crippen molar-refractivity contribution in [3.05, 3.63) is 83.9 Å². The van der Waals surface area contributed by atoms with Gasteiger partial charge in [-0.05, 0) is 60.9 Å². The number of carbonyl (C=O) groups is 1. The summed E-state index contributed by atoms with van der Waals surface area (Å²) in [6.07, 6.45) is 0.895. The lowest BCUT2D eigenvalue weighted by atomic mass is 10.1. The van der Waals surface area contributed by atoms with Gasteiger partial charge < -0.3 is 10.1 Å². The lowest BCUT2D eigenvalue weighted by molar-refractivity contribution is -0.114. The van der Waals surface area contributed by atoms with E-state index >= 15 is 0 Å². The fourth-order valence-electron chi connectivity index (χ4n) is 3.17. The Morgan fingerprint density at radius 1 is 1.00 bits per heavy atom. The maximum atomic E-state index is 13.6. The van der Waals surface area contributed by atoms with E-state index in [-0.39, 0.29) is 17.2 Å². The number of ether oxygens (including phenoxy) is 1. The zero-order valence-electron chi connectivity index (χ0n) is 17.8. The van der Waals surface area contributed by atoms with E-state index in [2.05, 4.69) is 12.2 Å². The van der Waals surface area contributed by atoms with Crippen molar-refractivity contribution >= 4 is 27.3 Å². The number of nitrogens with zero attached hydrogens (tertiary/aromatic N) is 1. The SMILES string of the molecule is CCc1ccc(NC(=O)CN(c2ccccc2)S(=O)(=O)c2cc(C)ccc2OC)cc1. The summed E-state index contributed by atoms with van der Waals surface area (Å²) in [5, 5.41) is 2.78. The largest absolute Gasteiger partial charge is 0.495 e. The Bertz CT molecular complexity index is 1140. The van der Waals surface area contributed by atoms with Gasteiger partial charge in [-0.2, -0.15) is 0 Å². The molecule has 0 aliphatic carbocycles. The number of methoxy groups -OCH3 is 1. The molecule has 0 fully saturated rings. The second-order valence-electron chi connectivity index (χ2n) is 7.10. The summed E-state index contributed by atoms with van der Waals surface area (Å²) in [7, 11) is -2.65. The Morgan fingerprint density at radius 2 is 1.68 bits per heavy atom. The fourth-order valence-corrected chi connectivity index (χ4v) is 4.83. The average Bonchev–Trinajstić information content (AvgIpc) is 2.78. The Labute approximate surface area is 183 Å². The number of carbonyl (C=O) groups excluding carboxylic acids is 1. The smallest absolute Gasteiger partial charge is 0.268 e. The van der Waals surface area contributed by atoms with E-state index < -0.39 is 15.9 Å². The second-order valence-corrected chi connectivity index (χ2v) is 8.93. The minimum absolute atomic E-state index is 0.0129. The van der Waals surface area contributed by atoms with Crippen molar-refractivity contribution < 1.29 is 17.9 Å². The number of aryl methyl sites for hydroxylation is 2. The minimum atomic E-state index is -4.07. The van der Waals surface area contributed by atoms with Crippen LogP contribution in [0.5, 0.6) is 5.75 Å². The Balaban J connectivity index is 1.95. The summed E-state index contributed by atoms with van der Waals surface area (Å²) < 4.78 is 33.6. The molecule has 0 spiro atoms. The molecule has 1 amide bonds. The summed E-state index contributed by atoms with van der Waals surface area (Å²) in [6, 6.07) is 21.0. The quantitative estimate of drug-likeness (QED) is 0.566. The van der Waals surface area contributed by atoms with Gasteiger partial charge in [-0.25, -0.2) is 8.42 Å². The number of anilines is 2. The molecule has 162 valence electrons. The number of hydrogen-bond acceptors (Lipinski definition) is 4. The van der Waals surface area contributed by atoms with Crippen molar-refractivity contribution in [2.75, 3.05) is 23.3 Å². The second kappa shape index (κ2) is 9.66. The minimum Gasteiger partial charge on any atom is -0.495 e. The van der Waals surface area contributed by atoms with Gasteiger partial charge in [0.2, 0.25) is 5.91 Å². The van der Waals surface area contributed by atoms with E-state index in [4.69, 9.17) is 4.74 Å².